The molecule has 0 radical (unpaired) electrons. The first kappa shape index (κ1) is 13.5. The van der Waals surface area contributed by atoms with Crippen LogP contribution in [0.5, 0.6) is 5.75 Å². The summed E-state index contributed by atoms with van der Waals surface area (Å²) in [5.41, 5.74) is 0.281. The first-order chi connectivity index (χ1) is 8.54. The molecule has 1 aliphatic rings. The smallest absolute Gasteiger partial charge is 0.257 e. The van der Waals surface area contributed by atoms with Crippen molar-refractivity contribution >= 4 is 29.1 Å². The van der Waals surface area contributed by atoms with E-state index in [9.17, 15) is 9.90 Å². The van der Waals surface area contributed by atoms with E-state index in [1.54, 1.807) is 17.0 Å². The second kappa shape index (κ2) is 5.37. The van der Waals surface area contributed by atoms with E-state index >= 15 is 0 Å². The highest BCUT2D eigenvalue weighted by molar-refractivity contribution is 6.30. The molecule has 1 fully saturated rings. The number of carbonyl (C=O) groups excluding carboxylic acids is 1. The Morgan fingerprint density at radius 2 is 2.28 bits per heavy atom. The summed E-state index contributed by atoms with van der Waals surface area (Å²) in [4.78, 5) is 14.1. The van der Waals surface area contributed by atoms with E-state index in [0.29, 0.717) is 23.4 Å². The molecule has 18 heavy (non-hydrogen) atoms. The first-order valence-electron chi connectivity index (χ1n) is 5.90. The minimum Gasteiger partial charge on any atom is -0.507 e. The number of aromatic hydroxyl groups is 1. The van der Waals surface area contributed by atoms with Gasteiger partial charge in [-0.15, -0.1) is 11.6 Å². The van der Waals surface area contributed by atoms with Crippen molar-refractivity contribution in [1.82, 2.24) is 4.90 Å². The molecule has 0 spiro atoms. The summed E-state index contributed by atoms with van der Waals surface area (Å²) in [6.07, 6.45) is 0.942. The highest BCUT2D eigenvalue weighted by Crippen LogP contribution is 2.29. The van der Waals surface area contributed by atoms with Crippen LogP contribution in [0.3, 0.4) is 0 Å². The molecule has 0 saturated carbocycles. The number of benzene rings is 1. The SMILES string of the molecule is CC1CCN(C(=O)c2ccc(Cl)cc2O)C1CCl. The van der Waals surface area contributed by atoms with Crippen LogP contribution in [0.2, 0.25) is 5.02 Å². The Kier molecular flexibility index (Phi) is 4.03. The number of rotatable bonds is 2. The van der Waals surface area contributed by atoms with Gasteiger partial charge in [-0.25, -0.2) is 0 Å². The van der Waals surface area contributed by atoms with Gasteiger partial charge in [-0.2, -0.15) is 0 Å². The summed E-state index contributed by atoms with van der Waals surface area (Å²) in [5, 5.41) is 10.2. The van der Waals surface area contributed by atoms with E-state index in [1.807, 2.05) is 0 Å². The van der Waals surface area contributed by atoms with Crippen molar-refractivity contribution < 1.29 is 9.90 Å². The number of hydrogen-bond donors (Lipinski definition) is 1. The van der Waals surface area contributed by atoms with Gasteiger partial charge in [-0.05, 0) is 30.5 Å². The standard InChI is InChI=1S/C13H15Cl2NO2/c1-8-4-5-16(11(8)7-14)13(18)10-3-2-9(15)6-12(10)17/h2-3,6,8,11,17H,4-5,7H2,1H3. The molecular weight excluding hydrogens is 273 g/mol. The highest BCUT2D eigenvalue weighted by atomic mass is 35.5. The third-order valence-electron chi connectivity index (χ3n) is 3.49. The number of phenolic OH excluding ortho intramolecular Hbond substituents is 1. The van der Waals surface area contributed by atoms with E-state index in [1.165, 1.54) is 6.07 Å². The lowest BCUT2D eigenvalue weighted by atomic mass is 10.0. The molecule has 1 aliphatic heterocycles. The predicted octanol–water partition coefficient (Wildman–Crippen LogP) is 3.14. The lowest BCUT2D eigenvalue weighted by molar-refractivity contribution is 0.0734. The molecule has 5 heteroatoms. The largest absolute Gasteiger partial charge is 0.507 e. The number of alkyl halides is 1. The van der Waals surface area contributed by atoms with Crippen LogP contribution in [0.15, 0.2) is 18.2 Å². The average molecular weight is 288 g/mol. The summed E-state index contributed by atoms with van der Waals surface area (Å²) >= 11 is 11.7. The minimum atomic E-state index is -0.181. The maximum Gasteiger partial charge on any atom is 0.257 e. The number of hydrogen-bond acceptors (Lipinski definition) is 2. The van der Waals surface area contributed by atoms with Gasteiger partial charge in [0.15, 0.2) is 0 Å². The Labute approximate surface area is 116 Å². The van der Waals surface area contributed by atoms with Crippen LogP contribution in [0.1, 0.15) is 23.7 Å². The fourth-order valence-electron chi connectivity index (χ4n) is 2.34. The summed E-state index contributed by atoms with van der Waals surface area (Å²) in [7, 11) is 0. The van der Waals surface area contributed by atoms with Crippen LogP contribution in [0.25, 0.3) is 0 Å². The van der Waals surface area contributed by atoms with Crippen molar-refractivity contribution in [3.05, 3.63) is 28.8 Å². The Morgan fingerprint density at radius 1 is 1.56 bits per heavy atom. The molecule has 1 heterocycles. The molecule has 1 N–H and O–H groups in total. The van der Waals surface area contributed by atoms with E-state index in [4.69, 9.17) is 23.2 Å². The number of likely N-dealkylation sites (tertiary alicyclic amines) is 1. The zero-order valence-electron chi connectivity index (χ0n) is 10.1. The molecule has 2 atom stereocenters. The minimum absolute atomic E-state index is 0.0363. The Bertz CT molecular complexity index is 464. The maximum absolute atomic E-state index is 12.4. The maximum atomic E-state index is 12.4. The number of carbonyl (C=O) groups is 1. The van der Waals surface area contributed by atoms with E-state index in [0.717, 1.165) is 6.42 Å². The van der Waals surface area contributed by atoms with E-state index in [2.05, 4.69) is 6.92 Å². The molecule has 0 bridgehead atoms. The Hall–Kier alpha value is -0.930. The zero-order chi connectivity index (χ0) is 13.3. The van der Waals surface area contributed by atoms with Crippen LogP contribution in [-0.2, 0) is 0 Å². The third-order valence-corrected chi connectivity index (χ3v) is 4.04. The van der Waals surface area contributed by atoms with Gasteiger partial charge >= 0.3 is 0 Å². The van der Waals surface area contributed by atoms with Gasteiger partial charge in [-0.1, -0.05) is 18.5 Å². The fraction of sp³-hybridized carbons (Fsp3) is 0.462. The fourth-order valence-corrected chi connectivity index (χ4v) is 2.97. The molecule has 0 aromatic heterocycles. The molecule has 98 valence electrons. The lowest BCUT2D eigenvalue weighted by Gasteiger charge is -2.25. The van der Waals surface area contributed by atoms with Gasteiger partial charge in [0.1, 0.15) is 5.75 Å². The molecule has 1 aromatic rings. The second-order valence-electron chi connectivity index (χ2n) is 4.65. The molecule has 0 aliphatic carbocycles. The van der Waals surface area contributed by atoms with Crippen molar-refractivity contribution in [3.8, 4) is 5.75 Å². The Morgan fingerprint density at radius 3 is 2.89 bits per heavy atom. The summed E-state index contributed by atoms with van der Waals surface area (Å²) in [6, 6.07) is 4.57. The van der Waals surface area contributed by atoms with Crippen molar-refractivity contribution in [3.63, 3.8) is 0 Å². The number of halogens is 2. The van der Waals surface area contributed by atoms with Crippen LogP contribution < -0.4 is 0 Å². The van der Waals surface area contributed by atoms with Crippen molar-refractivity contribution in [2.45, 2.75) is 19.4 Å². The highest BCUT2D eigenvalue weighted by Gasteiger charge is 2.34. The number of amides is 1. The summed E-state index contributed by atoms with van der Waals surface area (Å²) in [5.74, 6) is 0.543. The monoisotopic (exact) mass is 287 g/mol. The van der Waals surface area contributed by atoms with Crippen molar-refractivity contribution in [1.29, 1.82) is 0 Å². The average Bonchev–Trinajstić information content (AvgIpc) is 2.69. The van der Waals surface area contributed by atoms with E-state index < -0.39 is 0 Å². The second-order valence-corrected chi connectivity index (χ2v) is 5.39. The Balaban J connectivity index is 2.26. The van der Waals surface area contributed by atoms with Crippen LogP contribution >= 0.6 is 23.2 Å². The van der Waals surface area contributed by atoms with Crippen LogP contribution in [-0.4, -0.2) is 34.4 Å². The molecule has 2 rings (SSSR count). The van der Waals surface area contributed by atoms with Crippen LogP contribution in [0, 0.1) is 5.92 Å². The van der Waals surface area contributed by atoms with E-state index in [-0.39, 0.29) is 23.3 Å². The van der Waals surface area contributed by atoms with Crippen LogP contribution in [0.4, 0.5) is 0 Å². The summed E-state index contributed by atoms with van der Waals surface area (Å²) < 4.78 is 0. The quantitative estimate of drug-likeness (QED) is 0.849. The van der Waals surface area contributed by atoms with Crippen molar-refractivity contribution in [2.75, 3.05) is 12.4 Å². The molecule has 1 amide bonds. The van der Waals surface area contributed by atoms with Crippen molar-refractivity contribution in [2.24, 2.45) is 5.92 Å². The third kappa shape index (κ3) is 2.43. The zero-order valence-corrected chi connectivity index (χ0v) is 11.6. The predicted molar refractivity (Wildman–Crippen MR) is 72.4 cm³/mol. The van der Waals surface area contributed by atoms with Gasteiger partial charge in [-0.3, -0.25) is 4.79 Å². The van der Waals surface area contributed by atoms with Gasteiger partial charge in [0.2, 0.25) is 0 Å². The van der Waals surface area contributed by atoms with Gasteiger partial charge < -0.3 is 10.0 Å². The summed E-state index contributed by atoms with van der Waals surface area (Å²) in [6.45, 7) is 2.77. The topological polar surface area (TPSA) is 40.5 Å². The van der Waals surface area contributed by atoms with Gasteiger partial charge in [0.05, 0.1) is 5.56 Å². The molecule has 1 aromatic carbocycles. The molecule has 3 nitrogen and oxygen atoms in total. The molecule has 2 unspecified atom stereocenters. The normalized spacial score (nSPS) is 23.4. The van der Waals surface area contributed by atoms with Gasteiger partial charge in [0.25, 0.3) is 5.91 Å². The molecular formula is C13H15Cl2NO2. The molecule has 1 saturated heterocycles. The van der Waals surface area contributed by atoms with Gasteiger partial charge in [0, 0.05) is 23.5 Å². The number of phenols is 1. The lowest BCUT2D eigenvalue weighted by Crippen LogP contribution is -2.38. The number of nitrogens with zero attached hydrogens (tertiary/aromatic N) is 1. The first-order valence-corrected chi connectivity index (χ1v) is 6.81.